The molecule has 2 N–H and O–H groups in total. The maximum absolute atomic E-state index is 12.3. The van der Waals surface area contributed by atoms with Crippen LogP contribution in [0.25, 0.3) is 0 Å². The van der Waals surface area contributed by atoms with Crippen molar-refractivity contribution in [2.75, 3.05) is 6.61 Å². The zero-order valence-corrected chi connectivity index (χ0v) is 18.6. The molecular formula is C24H38O6. The number of unbranched alkanes of at least 4 members (excludes halogenated alkanes) is 2. The second-order valence-corrected chi connectivity index (χ2v) is 8.40. The Balaban J connectivity index is 2.47. The van der Waals surface area contributed by atoms with Gasteiger partial charge in [0.2, 0.25) is 5.78 Å². The fraction of sp³-hybridized carbons (Fsp3) is 0.708. The molecule has 4 atom stereocenters. The van der Waals surface area contributed by atoms with Gasteiger partial charge in [-0.05, 0) is 46.0 Å². The monoisotopic (exact) mass is 422 g/mol. The highest BCUT2D eigenvalue weighted by molar-refractivity contribution is 6.33. The molecule has 1 aliphatic rings. The summed E-state index contributed by atoms with van der Waals surface area (Å²) in [6, 6.07) is 0. The molecule has 1 saturated carbocycles. The second kappa shape index (κ2) is 13.5. The number of esters is 1. The number of aliphatic hydroxyl groups excluding tert-OH is 1. The molecule has 1 rings (SSSR count). The number of hydrogen-bond donors (Lipinski definition) is 2. The highest BCUT2D eigenvalue weighted by Crippen LogP contribution is 2.33. The Labute approximate surface area is 180 Å². The first-order valence-corrected chi connectivity index (χ1v) is 11.2. The van der Waals surface area contributed by atoms with Crippen LogP contribution in [0.2, 0.25) is 0 Å². The topological polar surface area (TPSA) is 101 Å². The summed E-state index contributed by atoms with van der Waals surface area (Å²) in [7, 11) is 0. The molecule has 1 aliphatic carbocycles. The first-order valence-electron chi connectivity index (χ1n) is 11.2. The number of ketones is 2. The van der Waals surface area contributed by atoms with E-state index in [1.54, 1.807) is 6.92 Å². The largest absolute Gasteiger partial charge is 0.460 e. The molecule has 6 heteroatoms. The van der Waals surface area contributed by atoms with Gasteiger partial charge in [0.15, 0.2) is 0 Å². The fourth-order valence-electron chi connectivity index (χ4n) is 3.72. The van der Waals surface area contributed by atoms with E-state index in [2.05, 4.69) is 11.7 Å². The van der Waals surface area contributed by atoms with Crippen LogP contribution in [0.4, 0.5) is 0 Å². The molecular weight excluding hydrogens is 384 g/mol. The minimum atomic E-state index is -0.782. The molecule has 170 valence electrons. The molecule has 1 unspecified atom stereocenters. The molecule has 0 aromatic rings. The van der Waals surface area contributed by atoms with Crippen molar-refractivity contribution in [1.29, 1.82) is 0 Å². The molecule has 0 heterocycles. The van der Waals surface area contributed by atoms with E-state index in [4.69, 9.17) is 0 Å². The van der Waals surface area contributed by atoms with E-state index in [1.165, 1.54) is 0 Å². The number of hydrogen-bond acceptors (Lipinski definition) is 6. The standard InChI is InChI=1S/C24H38O6/c1-4-6-15-24(3,29)16-11-13-19-18(21(26)17-22(19)27)12-9-7-8-10-14-20(25)23(28)30-5-2/h7,9,11,13,18-19,22,27,29H,4-6,8,10,12,14-17H2,1-3H3/b9-7-,13-11+/t18-,19-,22-,24?/m1/s1. The van der Waals surface area contributed by atoms with Crippen molar-refractivity contribution < 1.29 is 29.3 Å². The summed E-state index contributed by atoms with van der Waals surface area (Å²) in [5.41, 5.74) is -0.767. The second-order valence-electron chi connectivity index (χ2n) is 8.40. The van der Waals surface area contributed by atoms with Crippen molar-refractivity contribution in [3.8, 4) is 0 Å². The normalized spacial score (nSPS) is 23.9. The van der Waals surface area contributed by atoms with Gasteiger partial charge in [0.05, 0.1) is 18.3 Å². The van der Waals surface area contributed by atoms with Crippen molar-refractivity contribution in [3.05, 3.63) is 24.3 Å². The molecule has 0 saturated heterocycles. The molecule has 30 heavy (non-hydrogen) atoms. The smallest absolute Gasteiger partial charge is 0.374 e. The highest BCUT2D eigenvalue weighted by Gasteiger charge is 2.39. The molecule has 6 nitrogen and oxygen atoms in total. The van der Waals surface area contributed by atoms with Gasteiger partial charge in [0.1, 0.15) is 5.78 Å². The van der Waals surface area contributed by atoms with Crippen LogP contribution in [0.5, 0.6) is 0 Å². The maximum atomic E-state index is 12.3. The Morgan fingerprint density at radius 1 is 1.20 bits per heavy atom. The molecule has 0 radical (unpaired) electrons. The van der Waals surface area contributed by atoms with Gasteiger partial charge >= 0.3 is 5.97 Å². The summed E-state index contributed by atoms with van der Waals surface area (Å²) in [6.07, 6.45) is 12.1. The van der Waals surface area contributed by atoms with Gasteiger partial charge in [-0.2, -0.15) is 0 Å². The molecule has 0 spiro atoms. The number of carbonyl (C=O) groups excluding carboxylic acids is 3. The van der Waals surface area contributed by atoms with Crippen LogP contribution in [0.15, 0.2) is 24.3 Å². The number of aliphatic hydroxyl groups is 2. The van der Waals surface area contributed by atoms with Crippen LogP contribution in [-0.4, -0.2) is 46.1 Å². The third kappa shape index (κ3) is 9.35. The zero-order valence-electron chi connectivity index (χ0n) is 18.6. The summed E-state index contributed by atoms with van der Waals surface area (Å²) in [6.45, 7) is 5.75. The van der Waals surface area contributed by atoms with Gasteiger partial charge in [-0.15, -0.1) is 0 Å². The van der Waals surface area contributed by atoms with E-state index in [0.29, 0.717) is 25.7 Å². The minimum absolute atomic E-state index is 0.0528. The van der Waals surface area contributed by atoms with Gasteiger partial charge in [0.25, 0.3) is 0 Å². The van der Waals surface area contributed by atoms with Crippen LogP contribution in [0, 0.1) is 11.8 Å². The average Bonchev–Trinajstić information content (AvgIpc) is 2.95. The van der Waals surface area contributed by atoms with E-state index in [1.807, 2.05) is 31.2 Å². The molecule has 0 amide bonds. The predicted octanol–water partition coefficient (Wildman–Crippen LogP) is 3.69. The molecule has 0 aliphatic heterocycles. The van der Waals surface area contributed by atoms with Crippen molar-refractivity contribution in [1.82, 2.24) is 0 Å². The van der Waals surface area contributed by atoms with Crippen LogP contribution in [-0.2, 0) is 19.1 Å². The first-order chi connectivity index (χ1) is 14.2. The average molecular weight is 423 g/mol. The number of rotatable bonds is 14. The van der Waals surface area contributed by atoms with E-state index in [-0.39, 0.29) is 37.1 Å². The summed E-state index contributed by atoms with van der Waals surface area (Å²) < 4.78 is 4.67. The Kier molecular flexibility index (Phi) is 11.8. The quantitative estimate of drug-likeness (QED) is 0.192. The lowest BCUT2D eigenvalue weighted by molar-refractivity contribution is -0.153. The maximum Gasteiger partial charge on any atom is 0.374 e. The number of Topliss-reactive ketones (excluding diaryl/α,β-unsaturated/α-hetero) is 2. The number of allylic oxidation sites excluding steroid dienone is 2. The lowest BCUT2D eigenvalue weighted by Crippen LogP contribution is -2.23. The zero-order chi connectivity index (χ0) is 22.6. The van der Waals surface area contributed by atoms with Crippen LogP contribution < -0.4 is 0 Å². The third-order valence-corrected chi connectivity index (χ3v) is 5.55. The minimum Gasteiger partial charge on any atom is -0.460 e. The Morgan fingerprint density at radius 2 is 1.93 bits per heavy atom. The van der Waals surface area contributed by atoms with Crippen molar-refractivity contribution in [3.63, 3.8) is 0 Å². The third-order valence-electron chi connectivity index (χ3n) is 5.55. The van der Waals surface area contributed by atoms with Crippen molar-refractivity contribution >= 4 is 17.5 Å². The summed E-state index contributed by atoms with van der Waals surface area (Å²) in [5, 5.41) is 20.6. The predicted molar refractivity (Wildman–Crippen MR) is 116 cm³/mol. The van der Waals surface area contributed by atoms with Crippen LogP contribution >= 0.6 is 0 Å². The van der Waals surface area contributed by atoms with Gasteiger partial charge < -0.3 is 14.9 Å². The molecule has 0 bridgehead atoms. The number of carbonyl (C=O) groups is 3. The van der Waals surface area contributed by atoms with E-state index < -0.39 is 23.5 Å². The SMILES string of the molecule is CCCCC(C)(O)C/C=C/[C@H]1[C@H](O)CC(=O)[C@@H]1C/C=C\CCCC(=O)C(=O)OCC. The Bertz CT molecular complexity index is 619. The van der Waals surface area contributed by atoms with E-state index in [0.717, 1.165) is 19.3 Å². The van der Waals surface area contributed by atoms with Gasteiger partial charge in [-0.25, -0.2) is 4.79 Å². The van der Waals surface area contributed by atoms with Crippen molar-refractivity contribution in [2.45, 2.75) is 90.3 Å². The molecule has 0 aromatic carbocycles. The molecule has 0 aromatic heterocycles. The number of ether oxygens (including phenoxy) is 1. The molecule has 1 fully saturated rings. The lowest BCUT2D eigenvalue weighted by atomic mass is 9.89. The highest BCUT2D eigenvalue weighted by atomic mass is 16.5. The van der Waals surface area contributed by atoms with Gasteiger partial charge in [0, 0.05) is 24.7 Å². The summed E-state index contributed by atoms with van der Waals surface area (Å²) in [5.74, 6) is -1.75. The summed E-state index contributed by atoms with van der Waals surface area (Å²) in [4.78, 5) is 35.1. The van der Waals surface area contributed by atoms with Crippen molar-refractivity contribution in [2.24, 2.45) is 11.8 Å². The van der Waals surface area contributed by atoms with E-state index >= 15 is 0 Å². The Morgan fingerprint density at radius 3 is 2.60 bits per heavy atom. The van der Waals surface area contributed by atoms with E-state index in [9.17, 15) is 24.6 Å². The Hall–Kier alpha value is -1.79. The van der Waals surface area contributed by atoms with Gasteiger partial charge in [-0.3, -0.25) is 9.59 Å². The lowest BCUT2D eigenvalue weighted by Gasteiger charge is -2.22. The van der Waals surface area contributed by atoms with Gasteiger partial charge in [-0.1, -0.05) is 44.1 Å². The summed E-state index contributed by atoms with van der Waals surface area (Å²) >= 11 is 0. The first kappa shape index (κ1) is 26.2. The van der Waals surface area contributed by atoms with Crippen LogP contribution in [0.3, 0.4) is 0 Å². The van der Waals surface area contributed by atoms with Crippen LogP contribution in [0.1, 0.15) is 78.6 Å². The fourth-order valence-corrected chi connectivity index (χ4v) is 3.72.